The molecule has 0 N–H and O–H groups in total. The molecule has 2 aliphatic rings. The summed E-state index contributed by atoms with van der Waals surface area (Å²) in [6, 6.07) is 8.72. The largest absolute Gasteiger partial charge is 0.404 e. The summed E-state index contributed by atoms with van der Waals surface area (Å²) in [5, 5.41) is 0. The van der Waals surface area contributed by atoms with Crippen LogP contribution in [0.3, 0.4) is 0 Å². The summed E-state index contributed by atoms with van der Waals surface area (Å²) in [5.41, 5.74) is 0.256. The fraction of sp³-hybridized carbons (Fsp3) is 0.353. The normalized spacial score (nSPS) is 24.0. The van der Waals surface area contributed by atoms with Gasteiger partial charge in [0.25, 0.3) is 5.92 Å². The van der Waals surface area contributed by atoms with Gasteiger partial charge >= 0.3 is 6.18 Å². The second-order valence-electron chi connectivity index (χ2n) is 5.91. The molecule has 3 rings (SSSR count). The summed E-state index contributed by atoms with van der Waals surface area (Å²) in [7, 11) is 0. The van der Waals surface area contributed by atoms with Gasteiger partial charge in [-0.15, -0.1) is 0 Å². The first-order valence-electron chi connectivity index (χ1n) is 7.42. The first-order chi connectivity index (χ1) is 11.2. The van der Waals surface area contributed by atoms with Gasteiger partial charge in [0, 0.05) is 24.7 Å². The first-order valence-corrected chi connectivity index (χ1v) is 7.42. The van der Waals surface area contributed by atoms with E-state index in [1.165, 1.54) is 12.3 Å². The Morgan fingerprint density at radius 3 is 2.46 bits per heavy atom. The van der Waals surface area contributed by atoms with Crippen molar-refractivity contribution in [3.05, 3.63) is 53.4 Å². The quantitative estimate of drug-likeness (QED) is 0.710. The first kappa shape index (κ1) is 16.7. The Kier molecular flexibility index (Phi) is 3.97. The molecule has 7 heteroatoms. The molecule has 1 atom stereocenters. The Labute approximate surface area is 135 Å². The highest BCUT2D eigenvalue weighted by atomic mass is 19.4. The van der Waals surface area contributed by atoms with E-state index in [0.29, 0.717) is 5.56 Å². The van der Waals surface area contributed by atoms with E-state index in [2.05, 4.69) is 0 Å². The Hall–Kier alpha value is -2.18. The summed E-state index contributed by atoms with van der Waals surface area (Å²) in [6.45, 7) is 0. The maximum absolute atomic E-state index is 13.6. The molecule has 0 aromatic heterocycles. The maximum atomic E-state index is 13.6. The van der Waals surface area contributed by atoms with E-state index in [4.69, 9.17) is 0 Å². The van der Waals surface area contributed by atoms with Crippen molar-refractivity contribution in [3.8, 4) is 0 Å². The molecule has 1 aliphatic carbocycles. The molecule has 2 nitrogen and oxygen atoms in total. The number of carbonyl (C=O) groups excluding carboxylic acids is 1. The molecule has 128 valence electrons. The van der Waals surface area contributed by atoms with E-state index >= 15 is 0 Å². The predicted octanol–water partition coefficient (Wildman–Crippen LogP) is 4.75. The van der Waals surface area contributed by atoms with Gasteiger partial charge in [-0.2, -0.15) is 13.2 Å². The number of halogens is 5. The fourth-order valence-corrected chi connectivity index (χ4v) is 3.12. The van der Waals surface area contributed by atoms with Gasteiger partial charge in [0.1, 0.15) is 0 Å². The van der Waals surface area contributed by atoms with Crippen LogP contribution in [0.25, 0.3) is 6.08 Å². The molecule has 1 aliphatic heterocycles. The Morgan fingerprint density at radius 2 is 1.83 bits per heavy atom. The van der Waals surface area contributed by atoms with Crippen LogP contribution in [-0.2, 0) is 4.79 Å². The number of allylic oxidation sites excluding steroid dienone is 1. The molecule has 0 bridgehead atoms. The van der Waals surface area contributed by atoms with Crippen molar-refractivity contribution in [3.63, 3.8) is 0 Å². The van der Waals surface area contributed by atoms with Crippen LogP contribution in [0.1, 0.15) is 24.8 Å². The molecule has 0 fully saturated rings. The van der Waals surface area contributed by atoms with Crippen LogP contribution in [0.2, 0.25) is 0 Å². The molecule has 0 radical (unpaired) electrons. The van der Waals surface area contributed by atoms with Crippen molar-refractivity contribution in [1.29, 1.82) is 0 Å². The van der Waals surface area contributed by atoms with E-state index in [-0.39, 0.29) is 12.1 Å². The van der Waals surface area contributed by atoms with Gasteiger partial charge in [-0.05, 0) is 23.6 Å². The number of rotatable bonds is 2. The van der Waals surface area contributed by atoms with E-state index < -0.39 is 42.3 Å². The summed E-state index contributed by atoms with van der Waals surface area (Å²) in [4.78, 5) is 13.1. The second kappa shape index (κ2) is 5.72. The highest BCUT2D eigenvalue weighted by Gasteiger charge is 2.57. The predicted molar refractivity (Wildman–Crippen MR) is 77.7 cm³/mol. The topological polar surface area (TPSA) is 20.3 Å². The van der Waals surface area contributed by atoms with Crippen molar-refractivity contribution in [2.45, 2.75) is 31.4 Å². The summed E-state index contributed by atoms with van der Waals surface area (Å²) < 4.78 is 66.8. The van der Waals surface area contributed by atoms with E-state index in [1.54, 1.807) is 30.3 Å². The molecule has 1 amide bonds. The fourth-order valence-electron chi connectivity index (χ4n) is 3.12. The second-order valence-corrected chi connectivity index (χ2v) is 5.91. The monoisotopic (exact) mass is 343 g/mol. The molecule has 24 heavy (non-hydrogen) atoms. The van der Waals surface area contributed by atoms with Crippen molar-refractivity contribution >= 4 is 12.0 Å². The Balaban J connectivity index is 1.97. The van der Waals surface area contributed by atoms with Gasteiger partial charge < -0.3 is 0 Å². The number of hydrogen-bond donors (Lipinski definition) is 0. The average Bonchev–Trinajstić information content (AvgIpc) is 2.75. The third-order valence-corrected chi connectivity index (χ3v) is 4.21. The lowest BCUT2D eigenvalue weighted by atomic mass is 9.87. The third kappa shape index (κ3) is 3.07. The highest BCUT2D eigenvalue weighted by Crippen LogP contribution is 2.50. The number of carbonyl (C=O) groups is 1. The van der Waals surface area contributed by atoms with Gasteiger partial charge in [-0.1, -0.05) is 30.3 Å². The molecule has 1 aromatic carbocycles. The number of alkyl halides is 5. The van der Waals surface area contributed by atoms with Crippen molar-refractivity contribution in [1.82, 2.24) is 4.90 Å². The minimum atomic E-state index is -4.87. The zero-order valence-corrected chi connectivity index (χ0v) is 12.5. The van der Waals surface area contributed by atoms with Crippen LogP contribution in [0.15, 0.2) is 47.8 Å². The molecular weight excluding hydrogens is 329 g/mol. The van der Waals surface area contributed by atoms with Crippen molar-refractivity contribution in [2.24, 2.45) is 5.92 Å². The lowest BCUT2D eigenvalue weighted by Crippen LogP contribution is -2.34. The molecular formula is C17H14F5NO. The lowest BCUT2D eigenvalue weighted by Gasteiger charge is -2.26. The SMILES string of the molecule is O=C1C(C(F)(F)F)C2=C(CCC(F)(F)C2)N1/C=C/c1ccccc1. The van der Waals surface area contributed by atoms with Gasteiger partial charge in [0.2, 0.25) is 5.91 Å². The van der Waals surface area contributed by atoms with Crippen LogP contribution in [0.4, 0.5) is 22.0 Å². The summed E-state index contributed by atoms with van der Waals surface area (Å²) in [5.74, 6) is -6.89. The number of benzene rings is 1. The average molecular weight is 343 g/mol. The zero-order valence-electron chi connectivity index (χ0n) is 12.5. The number of nitrogens with zero attached hydrogens (tertiary/aromatic N) is 1. The summed E-state index contributed by atoms with van der Waals surface area (Å²) in [6.07, 6.45) is -3.97. The Bertz CT molecular complexity index is 705. The van der Waals surface area contributed by atoms with Gasteiger partial charge in [-0.25, -0.2) is 8.78 Å². The standard InChI is InChI=1S/C17H14F5NO/c18-16(19)8-6-13-12(10-16)14(17(20,21)22)15(24)23(13)9-7-11-4-2-1-3-5-11/h1-5,7,9,14H,6,8,10H2/b9-7+. The van der Waals surface area contributed by atoms with Crippen LogP contribution >= 0.6 is 0 Å². The maximum Gasteiger partial charge on any atom is 0.404 e. The minimum Gasteiger partial charge on any atom is -0.291 e. The lowest BCUT2D eigenvalue weighted by molar-refractivity contribution is -0.176. The van der Waals surface area contributed by atoms with Crippen LogP contribution in [0, 0.1) is 5.92 Å². The minimum absolute atomic E-state index is 0.0560. The van der Waals surface area contributed by atoms with E-state index in [0.717, 1.165) is 4.90 Å². The van der Waals surface area contributed by atoms with Crippen LogP contribution < -0.4 is 0 Å². The van der Waals surface area contributed by atoms with Gasteiger partial charge in [0.15, 0.2) is 5.92 Å². The van der Waals surface area contributed by atoms with Crippen molar-refractivity contribution in [2.75, 3.05) is 0 Å². The molecule has 0 saturated carbocycles. The molecule has 0 saturated heterocycles. The highest BCUT2D eigenvalue weighted by molar-refractivity contribution is 5.89. The molecule has 1 heterocycles. The Morgan fingerprint density at radius 1 is 1.17 bits per heavy atom. The summed E-state index contributed by atoms with van der Waals surface area (Å²) >= 11 is 0. The van der Waals surface area contributed by atoms with Crippen LogP contribution in [0.5, 0.6) is 0 Å². The number of hydrogen-bond acceptors (Lipinski definition) is 1. The van der Waals surface area contributed by atoms with Crippen LogP contribution in [-0.4, -0.2) is 22.9 Å². The number of amides is 1. The zero-order chi connectivity index (χ0) is 17.5. The van der Waals surface area contributed by atoms with E-state index in [9.17, 15) is 26.7 Å². The van der Waals surface area contributed by atoms with Gasteiger partial charge in [0.05, 0.1) is 0 Å². The molecule has 1 unspecified atom stereocenters. The molecule has 1 aromatic rings. The van der Waals surface area contributed by atoms with Crippen molar-refractivity contribution < 1.29 is 26.7 Å². The third-order valence-electron chi connectivity index (χ3n) is 4.21. The van der Waals surface area contributed by atoms with E-state index in [1.807, 2.05) is 0 Å². The smallest absolute Gasteiger partial charge is 0.291 e. The molecule has 0 spiro atoms. The van der Waals surface area contributed by atoms with Gasteiger partial charge in [-0.3, -0.25) is 9.69 Å².